The molecule has 1 fully saturated rings. The van der Waals surface area contributed by atoms with Crippen molar-refractivity contribution in [2.45, 2.75) is 32.7 Å². The normalized spacial score (nSPS) is 21.7. The number of rotatable bonds is 5. The highest BCUT2D eigenvalue weighted by atomic mass is 16.2. The van der Waals surface area contributed by atoms with Crippen LogP contribution in [-0.4, -0.2) is 38.7 Å². The SMILES string of the molecule is CCCn1c(NC(=O)CN2C(=O)[C@H]3CC=CC[C@H]3C2=O)nc2ccccc21. The van der Waals surface area contributed by atoms with Crippen LogP contribution in [-0.2, 0) is 20.9 Å². The molecular formula is C20H22N4O3. The van der Waals surface area contributed by atoms with Crippen molar-refractivity contribution >= 4 is 34.7 Å². The molecule has 0 spiro atoms. The molecule has 1 N–H and O–H groups in total. The fourth-order valence-electron chi connectivity index (χ4n) is 3.95. The Labute approximate surface area is 157 Å². The highest BCUT2D eigenvalue weighted by Gasteiger charge is 2.47. The smallest absolute Gasteiger partial charge is 0.246 e. The van der Waals surface area contributed by atoms with Crippen LogP contribution in [0, 0.1) is 11.8 Å². The van der Waals surface area contributed by atoms with Crippen LogP contribution >= 0.6 is 0 Å². The number of anilines is 1. The largest absolute Gasteiger partial charge is 0.310 e. The van der Waals surface area contributed by atoms with Gasteiger partial charge in [0, 0.05) is 6.54 Å². The van der Waals surface area contributed by atoms with Crippen LogP contribution < -0.4 is 5.32 Å². The number of amides is 3. The van der Waals surface area contributed by atoms with E-state index in [0.29, 0.717) is 25.3 Å². The van der Waals surface area contributed by atoms with Gasteiger partial charge in [-0.15, -0.1) is 0 Å². The van der Waals surface area contributed by atoms with E-state index in [4.69, 9.17) is 0 Å². The minimum Gasteiger partial charge on any atom is -0.310 e. The molecule has 2 aliphatic rings. The number of para-hydroxylation sites is 2. The van der Waals surface area contributed by atoms with Crippen molar-refractivity contribution in [2.75, 3.05) is 11.9 Å². The van der Waals surface area contributed by atoms with Crippen LogP contribution in [0.25, 0.3) is 11.0 Å². The Balaban J connectivity index is 1.52. The third kappa shape index (κ3) is 3.03. The lowest BCUT2D eigenvalue weighted by Crippen LogP contribution is -2.38. The first-order chi connectivity index (χ1) is 13.1. The van der Waals surface area contributed by atoms with E-state index in [9.17, 15) is 14.4 Å². The van der Waals surface area contributed by atoms with Gasteiger partial charge in [0.25, 0.3) is 0 Å². The molecule has 0 radical (unpaired) electrons. The second-order valence-corrected chi connectivity index (χ2v) is 7.04. The van der Waals surface area contributed by atoms with Crippen molar-refractivity contribution < 1.29 is 14.4 Å². The molecule has 3 amide bonds. The lowest BCUT2D eigenvalue weighted by molar-refractivity contribution is -0.142. The van der Waals surface area contributed by atoms with Crippen molar-refractivity contribution in [3.05, 3.63) is 36.4 Å². The number of hydrogen-bond acceptors (Lipinski definition) is 4. The molecule has 4 rings (SSSR count). The molecule has 1 aliphatic carbocycles. The Kier molecular flexibility index (Phi) is 4.51. The summed E-state index contributed by atoms with van der Waals surface area (Å²) in [5.41, 5.74) is 1.74. The van der Waals surface area contributed by atoms with Crippen LogP contribution in [0.3, 0.4) is 0 Å². The summed E-state index contributed by atoms with van der Waals surface area (Å²) in [7, 11) is 0. The van der Waals surface area contributed by atoms with Gasteiger partial charge in [-0.3, -0.25) is 24.6 Å². The van der Waals surface area contributed by atoms with Gasteiger partial charge in [0.2, 0.25) is 23.7 Å². The van der Waals surface area contributed by atoms with E-state index in [1.807, 2.05) is 41.0 Å². The summed E-state index contributed by atoms with van der Waals surface area (Å²) in [5.74, 6) is -1.09. The third-order valence-electron chi connectivity index (χ3n) is 5.25. The number of carbonyl (C=O) groups is 3. The average molecular weight is 366 g/mol. The van der Waals surface area contributed by atoms with E-state index in [1.54, 1.807) is 0 Å². The number of fused-ring (bicyclic) bond motifs is 2. The summed E-state index contributed by atoms with van der Waals surface area (Å²) in [5, 5.41) is 2.79. The molecule has 2 aromatic rings. The van der Waals surface area contributed by atoms with Crippen LogP contribution in [0.15, 0.2) is 36.4 Å². The van der Waals surface area contributed by atoms with E-state index < -0.39 is 5.91 Å². The molecule has 2 heterocycles. The lowest BCUT2D eigenvalue weighted by atomic mass is 9.85. The minimum atomic E-state index is -0.407. The number of imidazole rings is 1. The monoisotopic (exact) mass is 366 g/mol. The number of allylic oxidation sites excluding steroid dienone is 2. The summed E-state index contributed by atoms with van der Waals surface area (Å²) in [6.45, 7) is 2.51. The van der Waals surface area contributed by atoms with Crippen molar-refractivity contribution in [3.8, 4) is 0 Å². The lowest BCUT2D eigenvalue weighted by Gasteiger charge is -2.15. The first-order valence-electron chi connectivity index (χ1n) is 9.35. The Hall–Kier alpha value is -2.96. The quantitative estimate of drug-likeness (QED) is 0.650. The molecule has 1 saturated heterocycles. The second kappa shape index (κ2) is 6.98. The van der Waals surface area contributed by atoms with Gasteiger partial charge in [0.05, 0.1) is 22.9 Å². The van der Waals surface area contributed by atoms with E-state index in [1.165, 1.54) is 0 Å². The molecule has 7 nitrogen and oxygen atoms in total. The molecule has 0 bridgehead atoms. The number of benzene rings is 1. The summed E-state index contributed by atoms with van der Waals surface area (Å²) in [4.78, 5) is 43.2. The molecule has 2 atom stereocenters. The summed E-state index contributed by atoms with van der Waals surface area (Å²) in [6.07, 6.45) is 5.90. The number of aryl methyl sites for hydroxylation is 1. The summed E-state index contributed by atoms with van der Waals surface area (Å²) < 4.78 is 1.95. The van der Waals surface area contributed by atoms with Gasteiger partial charge in [-0.05, 0) is 31.4 Å². The third-order valence-corrected chi connectivity index (χ3v) is 5.25. The summed E-state index contributed by atoms with van der Waals surface area (Å²) >= 11 is 0. The van der Waals surface area contributed by atoms with Crippen LogP contribution in [0.4, 0.5) is 5.95 Å². The van der Waals surface area contributed by atoms with Gasteiger partial charge in [0.15, 0.2) is 0 Å². The van der Waals surface area contributed by atoms with Gasteiger partial charge < -0.3 is 4.57 Å². The van der Waals surface area contributed by atoms with E-state index >= 15 is 0 Å². The number of carbonyl (C=O) groups excluding carboxylic acids is 3. The maximum Gasteiger partial charge on any atom is 0.246 e. The molecule has 1 aromatic heterocycles. The zero-order chi connectivity index (χ0) is 19.0. The predicted molar refractivity (Wildman–Crippen MR) is 101 cm³/mol. The Morgan fingerprint density at radius 1 is 1.15 bits per heavy atom. The van der Waals surface area contributed by atoms with Crippen LogP contribution in [0.2, 0.25) is 0 Å². The fourth-order valence-corrected chi connectivity index (χ4v) is 3.95. The van der Waals surface area contributed by atoms with Crippen LogP contribution in [0.1, 0.15) is 26.2 Å². The van der Waals surface area contributed by atoms with Crippen molar-refractivity contribution in [2.24, 2.45) is 11.8 Å². The summed E-state index contributed by atoms with van der Waals surface area (Å²) in [6, 6.07) is 7.68. The molecule has 1 aromatic carbocycles. The molecule has 27 heavy (non-hydrogen) atoms. The van der Waals surface area contributed by atoms with Crippen molar-refractivity contribution in [1.29, 1.82) is 0 Å². The molecule has 0 saturated carbocycles. The highest BCUT2D eigenvalue weighted by Crippen LogP contribution is 2.34. The van der Waals surface area contributed by atoms with Gasteiger partial charge >= 0.3 is 0 Å². The molecule has 140 valence electrons. The molecule has 1 aliphatic heterocycles. The maximum atomic E-state index is 12.6. The topological polar surface area (TPSA) is 84.3 Å². The number of aromatic nitrogens is 2. The average Bonchev–Trinajstić information content (AvgIpc) is 3.13. The van der Waals surface area contributed by atoms with Gasteiger partial charge in [-0.2, -0.15) is 0 Å². The molecular weight excluding hydrogens is 344 g/mol. The Morgan fingerprint density at radius 2 is 1.81 bits per heavy atom. The number of nitrogens with zero attached hydrogens (tertiary/aromatic N) is 3. The zero-order valence-corrected chi connectivity index (χ0v) is 15.2. The standard InChI is InChI=1S/C20H22N4O3/c1-2-11-23-16-10-6-5-9-15(16)21-20(23)22-17(25)12-24-18(26)13-7-3-4-8-14(13)19(24)27/h3-6,9-10,13-14H,2,7-8,11-12H2,1H3,(H,21,22,25)/t13-,14+. The van der Waals surface area contributed by atoms with E-state index in [0.717, 1.165) is 22.4 Å². The van der Waals surface area contributed by atoms with Gasteiger partial charge in [-0.1, -0.05) is 31.2 Å². The van der Waals surface area contributed by atoms with Gasteiger partial charge in [-0.25, -0.2) is 4.98 Å². The van der Waals surface area contributed by atoms with Crippen molar-refractivity contribution in [1.82, 2.24) is 14.5 Å². The number of imide groups is 1. The Bertz CT molecular complexity index is 920. The first kappa shape index (κ1) is 17.5. The number of likely N-dealkylation sites (tertiary alicyclic amines) is 1. The zero-order valence-electron chi connectivity index (χ0n) is 15.2. The second-order valence-electron chi connectivity index (χ2n) is 7.04. The van der Waals surface area contributed by atoms with Crippen LogP contribution in [0.5, 0.6) is 0 Å². The van der Waals surface area contributed by atoms with E-state index in [2.05, 4.69) is 17.2 Å². The van der Waals surface area contributed by atoms with Crippen molar-refractivity contribution in [3.63, 3.8) is 0 Å². The fraction of sp³-hybridized carbons (Fsp3) is 0.400. The number of hydrogen-bond donors (Lipinski definition) is 1. The highest BCUT2D eigenvalue weighted by molar-refractivity contribution is 6.08. The number of nitrogens with one attached hydrogen (secondary N) is 1. The minimum absolute atomic E-state index is 0.244. The van der Waals surface area contributed by atoms with E-state index in [-0.39, 0.29) is 30.2 Å². The Morgan fingerprint density at radius 3 is 2.48 bits per heavy atom. The molecule has 0 unspecified atom stereocenters. The van der Waals surface area contributed by atoms with Gasteiger partial charge in [0.1, 0.15) is 6.54 Å². The molecule has 7 heteroatoms. The first-order valence-corrected chi connectivity index (χ1v) is 9.35. The predicted octanol–water partition coefficient (Wildman–Crippen LogP) is 2.34. The maximum absolute atomic E-state index is 12.6.